The van der Waals surface area contributed by atoms with E-state index in [2.05, 4.69) is 16.7 Å². The molecule has 1 aliphatic rings. The molecule has 1 aliphatic carbocycles. The lowest BCUT2D eigenvalue weighted by Gasteiger charge is -2.13. The van der Waals surface area contributed by atoms with Crippen molar-refractivity contribution < 1.29 is 19.1 Å². The van der Waals surface area contributed by atoms with Gasteiger partial charge in [-0.25, -0.2) is 0 Å². The molecule has 0 atom stereocenters. The third-order valence-corrected chi connectivity index (χ3v) is 7.85. The Labute approximate surface area is 212 Å². The fourth-order valence-corrected chi connectivity index (χ4v) is 6.03. The molecule has 3 aromatic rings. The number of ether oxygens (including phenoxy) is 2. The molecule has 180 valence electrons. The highest BCUT2D eigenvalue weighted by atomic mass is 32.2. The van der Waals surface area contributed by atoms with Crippen LogP contribution in [0.3, 0.4) is 0 Å². The highest BCUT2D eigenvalue weighted by Gasteiger charge is 2.22. The van der Waals surface area contributed by atoms with E-state index in [1.165, 1.54) is 42.2 Å². The highest BCUT2D eigenvalue weighted by Crippen LogP contribution is 2.38. The van der Waals surface area contributed by atoms with Gasteiger partial charge in [0.1, 0.15) is 28.1 Å². The monoisotopic (exact) mass is 507 g/mol. The van der Waals surface area contributed by atoms with Gasteiger partial charge in [0, 0.05) is 15.5 Å². The number of thiophene rings is 1. The second kappa shape index (κ2) is 11.3. The summed E-state index contributed by atoms with van der Waals surface area (Å²) in [6.07, 6.45) is 4.08. The molecular weight excluding hydrogens is 482 g/mol. The van der Waals surface area contributed by atoms with E-state index in [0.717, 1.165) is 36.1 Å². The molecule has 35 heavy (non-hydrogen) atoms. The van der Waals surface area contributed by atoms with Crippen LogP contribution in [0.5, 0.6) is 11.5 Å². The van der Waals surface area contributed by atoms with Crippen molar-refractivity contribution in [2.75, 3.05) is 30.6 Å². The van der Waals surface area contributed by atoms with Crippen molar-refractivity contribution in [1.29, 1.82) is 5.26 Å². The van der Waals surface area contributed by atoms with E-state index in [1.54, 1.807) is 24.3 Å². The Balaban J connectivity index is 1.40. The molecule has 2 N–H and O–H groups in total. The van der Waals surface area contributed by atoms with Crippen LogP contribution >= 0.6 is 23.1 Å². The number of thioether (sulfide) groups is 1. The number of hydrogen-bond donors (Lipinski definition) is 2. The molecule has 0 fully saturated rings. The lowest BCUT2D eigenvalue weighted by Crippen LogP contribution is -2.15. The second-order valence-electron chi connectivity index (χ2n) is 7.88. The minimum atomic E-state index is -0.357. The first-order chi connectivity index (χ1) is 17.0. The number of fused-ring (bicyclic) bond motifs is 1. The Morgan fingerprint density at radius 2 is 1.77 bits per heavy atom. The molecule has 4 rings (SSSR count). The summed E-state index contributed by atoms with van der Waals surface area (Å²) in [5.74, 6) is 0.487. The van der Waals surface area contributed by atoms with Gasteiger partial charge in [-0.2, -0.15) is 5.26 Å². The number of hydrogen-bond acceptors (Lipinski definition) is 7. The summed E-state index contributed by atoms with van der Waals surface area (Å²) in [4.78, 5) is 27.6. The Kier molecular flexibility index (Phi) is 7.95. The summed E-state index contributed by atoms with van der Waals surface area (Å²) in [6.45, 7) is 0. The first kappa shape index (κ1) is 24.6. The lowest BCUT2D eigenvalue weighted by molar-refractivity contribution is -0.113. The molecule has 1 aromatic heterocycles. The normalized spacial score (nSPS) is 12.3. The zero-order chi connectivity index (χ0) is 24.8. The van der Waals surface area contributed by atoms with E-state index in [4.69, 9.17) is 9.47 Å². The van der Waals surface area contributed by atoms with Crippen LogP contribution in [0.1, 0.15) is 39.2 Å². The number of nitrogens with zero attached hydrogens (tertiary/aromatic N) is 1. The molecule has 9 heteroatoms. The molecule has 7 nitrogen and oxygen atoms in total. The Morgan fingerprint density at radius 3 is 2.49 bits per heavy atom. The maximum atomic E-state index is 12.9. The number of carbonyl (C=O) groups excluding carboxylic acids is 2. The van der Waals surface area contributed by atoms with Gasteiger partial charge in [0.25, 0.3) is 5.91 Å². The summed E-state index contributed by atoms with van der Waals surface area (Å²) in [5.41, 5.74) is 2.61. The quantitative estimate of drug-likeness (QED) is 0.391. The number of nitrogens with one attached hydrogen (secondary N) is 2. The average molecular weight is 508 g/mol. The standard InChI is InChI=1S/C26H25N3O4S2/c1-32-20-10-6-11-21(33-2)24(20)25(31)28-16-7-5-8-17(13-16)34-15-23(30)29-26-19(14-27)18-9-3-4-12-22(18)35-26/h5-8,10-11,13H,3-4,9,12,15H2,1-2H3,(H,28,31)(H,29,30). The van der Waals surface area contributed by atoms with Crippen LogP contribution in [-0.4, -0.2) is 31.8 Å². The average Bonchev–Trinajstić information content (AvgIpc) is 3.23. The molecule has 1 heterocycles. The van der Waals surface area contributed by atoms with Crippen LogP contribution in [0.25, 0.3) is 0 Å². The molecule has 2 aromatic carbocycles. The Hall–Kier alpha value is -3.48. The van der Waals surface area contributed by atoms with Crippen molar-refractivity contribution in [3.05, 3.63) is 64.0 Å². The van der Waals surface area contributed by atoms with Crippen LogP contribution in [0.15, 0.2) is 47.4 Å². The smallest absolute Gasteiger partial charge is 0.263 e. The number of amides is 2. The number of carbonyl (C=O) groups is 2. The minimum absolute atomic E-state index is 0.168. The van der Waals surface area contributed by atoms with Crippen molar-refractivity contribution in [2.45, 2.75) is 30.6 Å². The van der Waals surface area contributed by atoms with Gasteiger partial charge in [0.15, 0.2) is 0 Å². The number of rotatable bonds is 8. The summed E-state index contributed by atoms with van der Waals surface area (Å²) in [7, 11) is 3.00. The largest absolute Gasteiger partial charge is 0.496 e. The van der Waals surface area contributed by atoms with E-state index in [0.29, 0.717) is 33.3 Å². The van der Waals surface area contributed by atoms with Gasteiger partial charge in [-0.05, 0) is 61.6 Å². The topological polar surface area (TPSA) is 100 Å². The lowest BCUT2D eigenvalue weighted by atomic mass is 9.96. The van der Waals surface area contributed by atoms with Crippen molar-refractivity contribution in [1.82, 2.24) is 0 Å². The predicted octanol–water partition coefficient (Wildman–Crippen LogP) is 5.50. The zero-order valence-electron chi connectivity index (χ0n) is 19.5. The molecule has 0 unspecified atom stereocenters. The molecule has 0 saturated carbocycles. The molecule has 2 amide bonds. The van der Waals surface area contributed by atoms with Crippen LogP contribution < -0.4 is 20.1 Å². The van der Waals surface area contributed by atoms with Crippen LogP contribution in [0.2, 0.25) is 0 Å². The van der Waals surface area contributed by atoms with Crippen LogP contribution in [0.4, 0.5) is 10.7 Å². The number of aryl methyl sites for hydroxylation is 1. The van der Waals surface area contributed by atoms with E-state index in [9.17, 15) is 14.9 Å². The van der Waals surface area contributed by atoms with Crippen molar-refractivity contribution >= 4 is 45.6 Å². The fourth-order valence-electron chi connectivity index (χ4n) is 4.02. The van der Waals surface area contributed by atoms with Crippen LogP contribution in [-0.2, 0) is 17.6 Å². The number of nitriles is 1. The third-order valence-electron chi connectivity index (χ3n) is 5.65. The van der Waals surface area contributed by atoms with Gasteiger partial charge >= 0.3 is 0 Å². The first-order valence-electron chi connectivity index (χ1n) is 11.1. The molecule has 0 radical (unpaired) electrons. The summed E-state index contributed by atoms with van der Waals surface area (Å²) >= 11 is 2.88. The maximum absolute atomic E-state index is 12.9. The van der Waals surface area contributed by atoms with Crippen molar-refractivity contribution in [2.24, 2.45) is 0 Å². The van der Waals surface area contributed by atoms with Gasteiger partial charge in [0.2, 0.25) is 5.91 Å². The zero-order valence-corrected chi connectivity index (χ0v) is 21.1. The molecule has 0 aliphatic heterocycles. The maximum Gasteiger partial charge on any atom is 0.263 e. The summed E-state index contributed by atoms with van der Waals surface area (Å²) in [6, 6.07) is 14.7. The molecule has 0 bridgehead atoms. The highest BCUT2D eigenvalue weighted by molar-refractivity contribution is 8.00. The number of benzene rings is 2. The number of anilines is 2. The van der Waals surface area contributed by atoms with E-state index in [1.807, 2.05) is 18.2 Å². The predicted molar refractivity (Wildman–Crippen MR) is 139 cm³/mol. The molecule has 0 spiro atoms. The Bertz CT molecular complexity index is 1270. The summed E-state index contributed by atoms with van der Waals surface area (Å²) in [5, 5.41) is 16.0. The van der Waals surface area contributed by atoms with Gasteiger partial charge < -0.3 is 20.1 Å². The SMILES string of the molecule is COc1cccc(OC)c1C(=O)Nc1cccc(SCC(=O)Nc2sc3c(c2C#N)CCCC3)c1. The van der Waals surface area contributed by atoms with E-state index >= 15 is 0 Å². The molecular formula is C26H25N3O4S2. The van der Waals surface area contributed by atoms with Crippen LogP contribution in [0, 0.1) is 11.3 Å². The van der Waals surface area contributed by atoms with E-state index < -0.39 is 0 Å². The van der Waals surface area contributed by atoms with Gasteiger partial charge in [-0.15, -0.1) is 23.1 Å². The second-order valence-corrected chi connectivity index (χ2v) is 10.0. The van der Waals surface area contributed by atoms with Crippen molar-refractivity contribution in [3.63, 3.8) is 0 Å². The summed E-state index contributed by atoms with van der Waals surface area (Å²) < 4.78 is 10.6. The molecule has 0 saturated heterocycles. The van der Waals surface area contributed by atoms with Crippen molar-refractivity contribution in [3.8, 4) is 17.6 Å². The minimum Gasteiger partial charge on any atom is -0.496 e. The number of methoxy groups -OCH3 is 2. The van der Waals surface area contributed by atoms with Gasteiger partial charge in [-0.3, -0.25) is 9.59 Å². The first-order valence-corrected chi connectivity index (χ1v) is 12.9. The fraction of sp³-hybridized carbons (Fsp3) is 0.269. The Morgan fingerprint density at radius 1 is 1.06 bits per heavy atom. The van der Waals surface area contributed by atoms with Gasteiger partial charge in [0.05, 0.1) is 25.5 Å². The van der Waals surface area contributed by atoms with E-state index in [-0.39, 0.29) is 17.6 Å². The van der Waals surface area contributed by atoms with Gasteiger partial charge in [-0.1, -0.05) is 12.1 Å². The third kappa shape index (κ3) is 5.61.